The van der Waals surface area contributed by atoms with Gasteiger partial charge in [-0.05, 0) is 43.5 Å². The van der Waals surface area contributed by atoms with Gasteiger partial charge in [-0.25, -0.2) is 14.4 Å². The van der Waals surface area contributed by atoms with Gasteiger partial charge in [-0.3, -0.25) is 4.79 Å². The maximum Gasteiger partial charge on any atom is 0.416 e. The molecule has 1 aromatic rings. The highest BCUT2D eigenvalue weighted by atomic mass is 19.4. The van der Waals surface area contributed by atoms with Crippen LogP contribution in [0.5, 0.6) is 0 Å². The van der Waals surface area contributed by atoms with E-state index < -0.39 is 112 Å². The fraction of sp³-hybridized carbons (Fsp3) is 0.586. The molecule has 0 radical (unpaired) electrons. The summed E-state index contributed by atoms with van der Waals surface area (Å²) < 4.78 is 62.2. The van der Waals surface area contributed by atoms with Crippen molar-refractivity contribution in [3.05, 3.63) is 47.0 Å². The lowest BCUT2D eigenvalue weighted by Gasteiger charge is -2.67. The predicted molar refractivity (Wildman–Crippen MR) is 134 cm³/mol. The number of allylic oxidation sites excluding steroid dienone is 1. The van der Waals surface area contributed by atoms with E-state index in [4.69, 9.17) is 18.9 Å². The highest BCUT2D eigenvalue weighted by Crippen LogP contribution is 2.72. The number of ether oxygens (including phenoxy) is 4. The van der Waals surface area contributed by atoms with E-state index in [1.54, 1.807) is 13.8 Å². The molecule has 2 saturated heterocycles. The SMILES string of the molecule is COC(=O)[C@]12OC[C@]34C([C@@H](O)[C@@H]1O)[C@@]1(C)[C@H](O)C(=O)C=C(C)[C@@H]1C[C@H]3OC(=O)[C@H](OC(=O)c1cccc(C(F)(F)F)c1)[C@@H]24. The number of aliphatic hydroxyl groups excluding tert-OH is 3. The number of alkyl halides is 3. The Hall–Kier alpha value is -3.33. The minimum absolute atomic E-state index is 0.0274. The van der Waals surface area contributed by atoms with Gasteiger partial charge >= 0.3 is 24.1 Å². The molecule has 2 saturated carbocycles. The van der Waals surface area contributed by atoms with E-state index >= 15 is 0 Å². The highest BCUT2D eigenvalue weighted by Gasteiger charge is 2.85. The van der Waals surface area contributed by atoms with Crippen molar-refractivity contribution >= 4 is 23.7 Å². The molecule has 3 N–H and O–H groups in total. The van der Waals surface area contributed by atoms with Gasteiger partial charge in [-0.2, -0.15) is 13.2 Å². The van der Waals surface area contributed by atoms with E-state index in [-0.39, 0.29) is 6.42 Å². The first-order valence-electron chi connectivity index (χ1n) is 13.6. The molecule has 1 unspecified atom stereocenters. The Labute approximate surface area is 242 Å². The summed E-state index contributed by atoms with van der Waals surface area (Å²) in [6, 6.07) is 3.30. The lowest BCUT2D eigenvalue weighted by Crippen LogP contribution is -2.80. The van der Waals surface area contributed by atoms with Crippen molar-refractivity contribution in [2.75, 3.05) is 13.7 Å². The van der Waals surface area contributed by atoms with Crippen LogP contribution in [0, 0.1) is 28.6 Å². The van der Waals surface area contributed by atoms with Crippen molar-refractivity contribution in [1.82, 2.24) is 0 Å². The number of benzene rings is 1. The number of carbonyl (C=O) groups excluding carboxylic acids is 4. The van der Waals surface area contributed by atoms with E-state index in [9.17, 15) is 47.7 Å². The zero-order valence-electron chi connectivity index (χ0n) is 23.2. The normalized spacial score (nSPS) is 43.1. The Kier molecular flexibility index (Phi) is 6.45. The molecule has 4 fully saturated rings. The molecule has 0 aromatic heterocycles. The Morgan fingerprint density at radius 2 is 1.81 bits per heavy atom. The first kappa shape index (κ1) is 29.7. The van der Waals surface area contributed by atoms with Crippen molar-refractivity contribution in [3.63, 3.8) is 0 Å². The van der Waals surface area contributed by atoms with Crippen molar-refractivity contribution in [2.45, 2.75) is 62.6 Å². The third-order valence-electron chi connectivity index (χ3n) is 10.5. The number of ketones is 1. The van der Waals surface area contributed by atoms with E-state index in [0.717, 1.165) is 25.3 Å². The summed E-state index contributed by atoms with van der Waals surface area (Å²) in [6.45, 7) is 2.78. The first-order valence-corrected chi connectivity index (χ1v) is 13.6. The monoisotopic (exact) mass is 610 g/mol. The van der Waals surface area contributed by atoms with Crippen molar-refractivity contribution < 1.29 is 66.6 Å². The molecule has 2 aliphatic heterocycles. The van der Waals surface area contributed by atoms with Crippen LogP contribution >= 0.6 is 0 Å². The van der Waals surface area contributed by atoms with Crippen LogP contribution < -0.4 is 0 Å². The maximum atomic E-state index is 13.6. The molecule has 11 nitrogen and oxygen atoms in total. The van der Waals surface area contributed by atoms with Gasteiger partial charge in [0.05, 0.1) is 36.9 Å². The molecule has 232 valence electrons. The second-order valence-corrected chi connectivity index (χ2v) is 12.3. The van der Waals surface area contributed by atoms with E-state index in [2.05, 4.69) is 0 Å². The van der Waals surface area contributed by atoms with Crippen LogP contribution in [0.3, 0.4) is 0 Å². The smallest absolute Gasteiger partial charge is 0.416 e. The lowest BCUT2D eigenvalue weighted by molar-refractivity contribution is -0.296. The van der Waals surface area contributed by atoms with Gasteiger partial charge in [-0.1, -0.05) is 18.6 Å². The number of carbonyl (C=O) groups is 4. The number of fused-ring (bicyclic) bond motifs is 2. The van der Waals surface area contributed by atoms with Gasteiger partial charge in [0, 0.05) is 16.7 Å². The molecule has 1 aromatic carbocycles. The molecule has 43 heavy (non-hydrogen) atoms. The summed E-state index contributed by atoms with van der Waals surface area (Å²) in [5, 5.41) is 34.6. The van der Waals surface area contributed by atoms with Crippen molar-refractivity contribution in [2.24, 2.45) is 28.6 Å². The standard InChI is InChI=1S/C29H29F3O11/c1-11-7-15(33)21(35)26(2)14(11)9-16-27-10-41-28(25(39)40-3,22(36)17(34)19(26)27)20(27)18(24(38)42-16)43-23(37)12-5-4-6-13(8-12)29(30,31)32/h4-8,14,16-22,34-36H,9-10H2,1-3H3/t14-,16+,17+,18+,19?,20+,21+,22-,26-,27+,28+/m0/s1. The van der Waals surface area contributed by atoms with Gasteiger partial charge in [0.2, 0.25) is 11.7 Å². The molecule has 2 heterocycles. The van der Waals surface area contributed by atoms with E-state index in [1.165, 1.54) is 6.08 Å². The van der Waals surface area contributed by atoms with Crippen LogP contribution in [0.4, 0.5) is 13.2 Å². The Balaban J connectivity index is 1.52. The summed E-state index contributed by atoms with van der Waals surface area (Å²) in [5.41, 5.74) is -6.71. The van der Waals surface area contributed by atoms with Crippen LogP contribution in [0.15, 0.2) is 35.9 Å². The van der Waals surface area contributed by atoms with Gasteiger partial charge in [-0.15, -0.1) is 0 Å². The van der Waals surface area contributed by atoms with Crippen LogP contribution in [0.2, 0.25) is 0 Å². The molecule has 5 aliphatic rings. The quantitative estimate of drug-likeness (QED) is 0.330. The number of rotatable bonds is 3. The number of halogens is 3. The average molecular weight is 611 g/mol. The van der Waals surface area contributed by atoms with Gasteiger partial charge in [0.25, 0.3) is 0 Å². The number of methoxy groups -OCH3 is 1. The van der Waals surface area contributed by atoms with Crippen LogP contribution in [-0.2, 0) is 39.5 Å². The molecule has 6 rings (SSSR count). The minimum Gasteiger partial charge on any atom is -0.467 e. The fourth-order valence-corrected chi connectivity index (χ4v) is 8.82. The molecule has 1 spiro atoms. The zero-order chi connectivity index (χ0) is 31.4. The number of hydrogen-bond donors (Lipinski definition) is 3. The maximum absolute atomic E-state index is 13.6. The molecule has 3 aliphatic carbocycles. The topological polar surface area (TPSA) is 166 Å². The Morgan fingerprint density at radius 1 is 1.12 bits per heavy atom. The van der Waals surface area contributed by atoms with Crippen molar-refractivity contribution in [3.8, 4) is 0 Å². The Bertz CT molecular complexity index is 1460. The fourth-order valence-electron chi connectivity index (χ4n) is 8.82. The molecule has 14 heteroatoms. The number of esters is 3. The summed E-state index contributed by atoms with van der Waals surface area (Å²) in [5.74, 6) is -7.80. The summed E-state index contributed by atoms with van der Waals surface area (Å²) >= 11 is 0. The van der Waals surface area contributed by atoms with Gasteiger partial charge in [0.15, 0.2) is 5.78 Å². The van der Waals surface area contributed by atoms with E-state index in [0.29, 0.717) is 11.6 Å². The zero-order valence-corrected chi connectivity index (χ0v) is 23.2. The summed E-state index contributed by atoms with van der Waals surface area (Å²) in [7, 11) is 0.981. The third-order valence-corrected chi connectivity index (χ3v) is 10.5. The number of aliphatic hydroxyl groups is 3. The molecular weight excluding hydrogens is 581 g/mol. The molecule has 2 bridgehead atoms. The largest absolute Gasteiger partial charge is 0.467 e. The minimum atomic E-state index is -4.79. The predicted octanol–water partition coefficient (Wildman–Crippen LogP) is 0.969. The second-order valence-electron chi connectivity index (χ2n) is 12.3. The van der Waals surface area contributed by atoms with Crippen LogP contribution in [0.1, 0.15) is 36.2 Å². The van der Waals surface area contributed by atoms with Crippen molar-refractivity contribution in [1.29, 1.82) is 0 Å². The molecular formula is C29H29F3O11. The van der Waals surface area contributed by atoms with E-state index in [1.807, 2.05) is 0 Å². The highest BCUT2D eigenvalue weighted by molar-refractivity contribution is 5.96. The third kappa shape index (κ3) is 3.63. The number of hydrogen-bond acceptors (Lipinski definition) is 11. The Morgan fingerprint density at radius 3 is 2.47 bits per heavy atom. The molecule has 0 amide bonds. The first-order chi connectivity index (χ1) is 20.1. The van der Waals surface area contributed by atoms with Gasteiger partial charge < -0.3 is 34.3 Å². The van der Waals surface area contributed by atoms with Crippen LogP contribution in [0.25, 0.3) is 0 Å². The lowest BCUT2D eigenvalue weighted by atomic mass is 9.38. The average Bonchev–Trinajstić information content (AvgIpc) is 3.26. The van der Waals surface area contributed by atoms with Gasteiger partial charge in [0.1, 0.15) is 18.3 Å². The second kappa shape index (κ2) is 9.34. The molecule has 11 atom stereocenters. The van der Waals surface area contributed by atoms with Crippen LogP contribution in [-0.4, -0.2) is 88.8 Å². The summed E-state index contributed by atoms with van der Waals surface area (Å²) in [4.78, 5) is 53.2. The summed E-state index contributed by atoms with van der Waals surface area (Å²) in [6.07, 6.45) is -12.2.